The molecule has 0 bridgehead atoms. The number of unbranched alkanes of at least 4 members (excludes halogenated alkanes) is 11. The van der Waals surface area contributed by atoms with Crippen molar-refractivity contribution in [2.75, 3.05) is 19.8 Å². The lowest BCUT2D eigenvalue weighted by Gasteiger charge is -2.10. The molecule has 47 heavy (non-hydrogen) atoms. The second kappa shape index (κ2) is 23.1. The van der Waals surface area contributed by atoms with E-state index in [1.807, 2.05) is 24.3 Å². The Labute approximate surface area is 281 Å². The van der Waals surface area contributed by atoms with Crippen LogP contribution in [-0.4, -0.2) is 31.8 Å². The number of esters is 2. The van der Waals surface area contributed by atoms with Crippen LogP contribution in [0.2, 0.25) is 0 Å². The second-order valence-corrected chi connectivity index (χ2v) is 11.6. The minimum absolute atomic E-state index is 0.337. The summed E-state index contributed by atoms with van der Waals surface area (Å²) in [5.74, 6) is 2.01. The number of rotatable bonds is 25. The highest BCUT2D eigenvalue weighted by molar-refractivity contribution is 5.91. The Morgan fingerprint density at radius 1 is 0.553 bits per heavy atom. The molecule has 0 radical (unpaired) electrons. The van der Waals surface area contributed by atoms with Gasteiger partial charge in [-0.1, -0.05) is 89.8 Å². The standard InChI is InChI=1S/C40H52O7/c1-3-5-6-14-29-44-36-23-19-34(20-24-36)40(42)47-38-27-25-37(26-28-38)46-32-33-17-21-35(22-18-33)43-30-15-12-10-8-7-9-11-13-16-31-45-39(41)4-2/h4,17-28H,2-3,5-16,29-32H2,1H3. The van der Waals surface area contributed by atoms with Gasteiger partial charge in [-0.25, -0.2) is 9.59 Å². The fourth-order valence-electron chi connectivity index (χ4n) is 4.89. The normalized spacial score (nSPS) is 10.7. The van der Waals surface area contributed by atoms with E-state index >= 15 is 0 Å². The maximum atomic E-state index is 12.6. The van der Waals surface area contributed by atoms with Crippen molar-refractivity contribution in [3.8, 4) is 23.0 Å². The molecule has 0 unspecified atom stereocenters. The fraction of sp³-hybridized carbons (Fsp3) is 0.450. The first-order valence-electron chi connectivity index (χ1n) is 17.3. The molecule has 7 heteroatoms. The summed E-state index contributed by atoms with van der Waals surface area (Å²) in [4.78, 5) is 23.5. The van der Waals surface area contributed by atoms with E-state index in [0.717, 1.165) is 49.4 Å². The van der Waals surface area contributed by atoms with E-state index in [9.17, 15) is 9.59 Å². The van der Waals surface area contributed by atoms with Gasteiger partial charge in [0, 0.05) is 6.08 Å². The van der Waals surface area contributed by atoms with Gasteiger partial charge in [-0.3, -0.25) is 0 Å². The molecule has 0 fully saturated rings. The molecule has 0 amide bonds. The summed E-state index contributed by atoms with van der Waals surface area (Å²) < 4.78 is 28.1. The van der Waals surface area contributed by atoms with Crippen LogP contribution in [0.4, 0.5) is 0 Å². The van der Waals surface area contributed by atoms with E-state index in [2.05, 4.69) is 13.5 Å². The van der Waals surface area contributed by atoms with Gasteiger partial charge in [0.1, 0.15) is 29.6 Å². The fourth-order valence-corrected chi connectivity index (χ4v) is 4.89. The molecule has 0 saturated carbocycles. The minimum atomic E-state index is -0.416. The summed E-state index contributed by atoms with van der Waals surface area (Å²) >= 11 is 0. The van der Waals surface area contributed by atoms with Crippen molar-refractivity contribution in [3.63, 3.8) is 0 Å². The number of benzene rings is 3. The second-order valence-electron chi connectivity index (χ2n) is 11.6. The average molecular weight is 645 g/mol. The van der Waals surface area contributed by atoms with Gasteiger partial charge < -0.3 is 23.7 Å². The molecule has 3 rings (SSSR count). The van der Waals surface area contributed by atoms with Crippen LogP contribution in [0.15, 0.2) is 85.5 Å². The van der Waals surface area contributed by atoms with Gasteiger partial charge in [0.15, 0.2) is 0 Å². The van der Waals surface area contributed by atoms with E-state index < -0.39 is 5.97 Å². The maximum absolute atomic E-state index is 12.6. The van der Waals surface area contributed by atoms with Crippen LogP contribution in [-0.2, 0) is 16.1 Å². The number of ether oxygens (including phenoxy) is 5. The summed E-state index contributed by atoms with van der Waals surface area (Å²) in [5.41, 5.74) is 1.51. The Morgan fingerprint density at radius 2 is 1.00 bits per heavy atom. The molecule has 0 saturated heterocycles. The predicted octanol–water partition coefficient (Wildman–Crippen LogP) is 10.1. The average Bonchev–Trinajstić information content (AvgIpc) is 3.10. The molecule has 0 N–H and O–H groups in total. The van der Waals surface area contributed by atoms with Crippen LogP contribution in [0, 0.1) is 0 Å². The number of hydrogen-bond donors (Lipinski definition) is 0. The summed E-state index contributed by atoms with van der Waals surface area (Å²) in [7, 11) is 0. The number of carbonyl (C=O) groups excluding carboxylic acids is 2. The summed E-state index contributed by atoms with van der Waals surface area (Å²) in [6, 6.07) is 22.1. The van der Waals surface area contributed by atoms with Gasteiger partial charge in [0.05, 0.1) is 25.4 Å². The first-order chi connectivity index (χ1) is 23.1. The van der Waals surface area contributed by atoms with E-state index in [4.69, 9.17) is 23.7 Å². The first kappa shape index (κ1) is 37.2. The third-order valence-electron chi connectivity index (χ3n) is 7.69. The van der Waals surface area contributed by atoms with Crippen LogP contribution in [0.5, 0.6) is 23.0 Å². The van der Waals surface area contributed by atoms with Gasteiger partial charge in [-0.05, 0) is 85.5 Å². The van der Waals surface area contributed by atoms with Crippen molar-refractivity contribution < 1.29 is 33.3 Å². The van der Waals surface area contributed by atoms with Crippen LogP contribution < -0.4 is 18.9 Å². The Kier molecular flexibility index (Phi) is 18.3. The quantitative estimate of drug-likeness (QED) is 0.0393. The van der Waals surface area contributed by atoms with Gasteiger partial charge in [-0.15, -0.1) is 0 Å². The van der Waals surface area contributed by atoms with Crippen LogP contribution >= 0.6 is 0 Å². The van der Waals surface area contributed by atoms with Crippen molar-refractivity contribution in [3.05, 3.63) is 96.6 Å². The van der Waals surface area contributed by atoms with Gasteiger partial charge in [0.25, 0.3) is 0 Å². The largest absolute Gasteiger partial charge is 0.494 e. The van der Waals surface area contributed by atoms with E-state index in [-0.39, 0.29) is 5.97 Å². The van der Waals surface area contributed by atoms with Crippen molar-refractivity contribution in [2.24, 2.45) is 0 Å². The third kappa shape index (κ3) is 16.2. The first-order valence-corrected chi connectivity index (χ1v) is 17.3. The lowest BCUT2D eigenvalue weighted by Crippen LogP contribution is -2.08. The predicted molar refractivity (Wildman–Crippen MR) is 186 cm³/mol. The minimum Gasteiger partial charge on any atom is -0.494 e. The highest BCUT2D eigenvalue weighted by atomic mass is 16.5. The molecule has 0 spiro atoms. The van der Waals surface area contributed by atoms with Crippen LogP contribution in [0.1, 0.15) is 106 Å². The molecule has 0 aliphatic carbocycles. The Bertz CT molecular complexity index is 1280. The molecule has 0 heterocycles. The molecular formula is C40H52O7. The summed E-state index contributed by atoms with van der Waals surface area (Å²) in [5, 5.41) is 0. The van der Waals surface area contributed by atoms with Crippen molar-refractivity contribution >= 4 is 11.9 Å². The molecule has 254 valence electrons. The van der Waals surface area contributed by atoms with E-state index in [1.165, 1.54) is 63.9 Å². The lowest BCUT2D eigenvalue weighted by atomic mass is 10.1. The summed E-state index contributed by atoms with van der Waals surface area (Å²) in [6.07, 6.45) is 16.2. The highest BCUT2D eigenvalue weighted by Gasteiger charge is 2.09. The Balaban J connectivity index is 1.23. The smallest absolute Gasteiger partial charge is 0.343 e. The molecule has 3 aromatic carbocycles. The van der Waals surface area contributed by atoms with Gasteiger partial charge in [-0.2, -0.15) is 0 Å². The van der Waals surface area contributed by atoms with E-state index in [0.29, 0.717) is 36.9 Å². The maximum Gasteiger partial charge on any atom is 0.343 e. The summed E-state index contributed by atoms with van der Waals surface area (Å²) in [6.45, 7) is 7.90. The topological polar surface area (TPSA) is 80.3 Å². The third-order valence-corrected chi connectivity index (χ3v) is 7.69. The lowest BCUT2D eigenvalue weighted by molar-refractivity contribution is -0.137. The van der Waals surface area contributed by atoms with Crippen molar-refractivity contribution in [2.45, 2.75) is 97.0 Å². The molecule has 0 aliphatic rings. The Hall–Kier alpha value is -4.26. The zero-order valence-electron chi connectivity index (χ0n) is 28.1. The van der Waals surface area contributed by atoms with Crippen molar-refractivity contribution in [1.82, 2.24) is 0 Å². The molecule has 0 aromatic heterocycles. The van der Waals surface area contributed by atoms with Crippen LogP contribution in [0.25, 0.3) is 0 Å². The Morgan fingerprint density at radius 3 is 1.55 bits per heavy atom. The SMILES string of the molecule is C=CC(=O)OCCCCCCCCCCCOc1ccc(COc2ccc(OC(=O)c3ccc(OCCCCCC)cc3)cc2)cc1. The van der Waals surface area contributed by atoms with E-state index in [1.54, 1.807) is 48.5 Å². The molecular weight excluding hydrogens is 592 g/mol. The van der Waals surface area contributed by atoms with Crippen LogP contribution in [0.3, 0.4) is 0 Å². The zero-order valence-corrected chi connectivity index (χ0v) is 28.1. The highest BCUT2D eigenvalue weighted by Crippen LogP contribution is 2.22. The molecule has 0 atom stereocenters. The zero-order chi connectivity index (χ0) is 33.4. The number of hydrogen-bond acceptors (Lipinski definition) is 7. The monoisotopic (exact) mass is 644 g/mol. The van der Waals surface area contributed by atoms with Gasteiger partial charge in [0.2, 0.25) is 0 Å². The molecule has 3 aromatic rings. The molecule has 7 nitrogen and oxygen atoms in total. The molecule has 0 aliphatic heterocycles. The van der Waals surface area contributed by atoms with Gasteiger partial charge >= 0.3 is 11.9 Å². The van der Waals surface area contributed by atoms with Crippen molar-refractivity contribution in [1.29, 1.82) is 0 Å². The number of carbonyl (C=O) groups is 2.